The number of nitrogens with zero attached hydrogens (tertiary/aromatic N) is 3. The van der Waals surface area contributed by atoms with Crippen LogP contribution in [0.3, 0.4) is 0 Å². The van der Waals surface area contributed by atoms with Crippen molar-refractivity contribution >= 4 is 61.1 Å². The average Bonchev–Trinajstić information content (AvgIpc) is 3.33. The number of aliphatic carboxylic acids is 1. The number of carboxylic acids is 1. The molecule has 1 aliphatic carbocycles. The Labute approximate surface area is 218 Å². The van der Waals surface area contributed by atoms with Gasteiger partial charge >= 0.3 is 12.1 Å². The van der Waals surface area contributed by atoms with Crippen LogP contribution in [0.5, 0.6) is 0 Å². The van der Waals surface area contributed by atoms with Gasteiger partial charge in [0.1, 0.15) is 22.2 Å². The van der Waals surface area contributed by atoms with Crippen LogP contribution in [0.1, 0.15) is 47.2 Å². The number of amides is 1. The summed E-state index contributed by atoms with van der Waals surface area (Å²) in [4.78, 5) is 38.7. The van der Waals surface area contributed by atoms with E-state index in [0.29, 0.717) is 49.2 Å². The molecule has 0 saturated heterocycles. The maximum Gasteiger partial charge on any atom is 0.412 e. The van der Waals surface area contributed by atoms with Gasteiger partial charge in [-0.1, -0.05) is 53.0 Å². The molecule has 0 spiro atoms. The first kappa shape index (κ1) is 23.1. The highest BCUT2D eigenvalue weighted by Gasteiger charge is 2.54. The number of nitrogens with one attached hydrogen (secondary N) is 1. The Kier molecular flexibility index (Phi) is 5.62. The number of aromatic nitrogens is 3. The SMILES string of the molecule is CC(OC(=O)Nc1c(C#Cc2nc3sc(C4(C(=O)O)CC4)nc3s2)oc2cnccc12)c1ccccc1. The lowest BCUT2D eigenvalue weighted by molar-refractivity contribution is -0.140. The largest absolute Gasteiger partial charge is 0.481 e. The average molecular weight is 531 g/mol. The van der Waals surface area contributed by atoms with Crippen LogP contribution in [0.4, 0.5) is 10.5 Å². The molecule has 2 N–H and O–H groups in total. The van der Waals surface area contributed by atoms with E-state index in [9.17, 15) is 14.7 Å². The molecule has 4 aromatic heterocycles. The minimum atomic E-state index is -0.855. The first-order valence-corrected chi connectivity index (χ1v) is 13.0. The zero-order valence-electron chi connectivity index (χ0n) is 19.3. The number of carbonyl (C=O) groups excluding carboxylic acids is 1. The monoisotopic (exact) mass is 530 g/mol. The summed E-state index contributed by atoms with van der Waals surface area (Å²) in [5, 5.41) is 14.0. The summed E-state index contributed by atoms with van der Waals surface area (Å²) in [5.41, 5.74) is 0.862. The number of hydrogen-bond donors (Lipinski definition) is 2. The first-order valence-electron chi connectivity index (χ1n) is 11.4. The Hall–Kier alpha value is -4.27. The minimum Gasteiger partial charge on any atom is -0.481 e. The molecule has 1 amide bonds. The van der Waals surface area contributed by atoms with E-state index < -0.39 is 23.6 Å². The van der Waals surface area contributed by atoms with Gasteiger partial charge in [0.2, 0.25) is 5.76 Å². The molecule has 9 nitrogen and oxygen atoms in total. The number of rotatable bonds is 5. The fraction of sp³-hybridized carbons (Fsp3) is 0.192. The number of carboxylic acid groups (broad SMARTS) is 1. The molecule has 11 heteroatoms. The second kappa shape index (κ2) is 8.99. The van der Waals surface area contributed by atoms with Gasteiger partial charge in [0, 0.05) is 11.6 Å². The van der Waals surface area contributed by atoms with Crippen LogP contribution in [0.15, 0.2) is 53.2 Å². The smallest absolute Gasteiger partial charge is 0.412 e. The Morgan fingerprint density at radius 3 is 2.65 bits per heavy atom. The number of thiazole rings is 2. The highest BCUT2D eigenvalue weighted by atomic mass is 32.1. The highest BCUT2D eigenvalue weighted by Crippen LogP contribution is 2.50. The Balaban J connectivity index is 1.26. The molecule has 4 heterocycles. The molecule has 1 unspecified atom stereocenters. The van der Waals surface area contributed by atoms with E-state index >= 15 is 0 Å². The third-order valence-corrected chi connectivity index (χ3v) is 8.25. The molecule has 1 atom stereocenters. The van der Waals surface area contributed by atoms with Gasteiger partial charge < -0.3 is 14.3 Å². The van der Waals surface area contributed by atoms with Crippen LogP contribution in [0.25, 0.3) is 20.6 Å². The summed E-state index contributed by atoms with van der Waals surface area (Å²) in [6.07, 6.45) is 3.24. The van der Waals surface area contributed by atoms with Gasteiger partial charge in [-0.3, -0.25) is 15.1 Å². The van der Waals surface area contributed by atoms with E-state index in [1.807, 2.05) is 30.3 Å². The lowest BCUT2D eigenvalue weighted by atomic mass is 10.1. The van der Waals surface area contributed by atoms with Crippen molar-refractivity contribution in [1.29, 1.82) is 0 Å². The van der Waals surface area contributed by atoms with Crippen molar-refractivity contribution in [2.75, 3.05) is 5.32 Å². The van der Waals surface area contributed by atoms with E-state index in [4.69, 9.17) is 9.15 Å². The predicted octanol–water partition coefficient (Wildman–Crippen LogP) is 5.72. The first-order chi connectivity index (χ1) is 17.9. The normalized spacial score (nSPS) is 14.6. The Morgan fingerprint density at radius 2 is 1.92 bits per heavy atom. The second-order valence-electron chi connectivity index (χ2n) is 8.55. The maximum absolute atomic E-state index is 12.7. The van der Waals surface area contributed by atoms with Gasteiger partial charge in [-0.25, -0.2) is 14.8 Å². The van der Waals surface area contributed by atoms with Crippen molar-refractivity contribution in [3.63, 3.8) is 0 Å². The number of pyridine rings is 1. The zero-order valence-corrected chi connectivity index (χ0v) is 21.0. The number of furan rings is 1. The van der Waals surface area contributed by atoms with E-state index in [1.165, 1.54) is 22.7 Å². The molecule has 37 heavy (non-hydrogen) atoms. The summed E-state index contributed by atoms with van der Waals surface area (Å²) in [7, 11) is 0. The van der Waals surface area contributed by atoms with Crippen molar-refractivity contribution in [1.82, 2.24) is 15.0 Å². The fourth-order valence-corrected chi connectivity index (χ4v) is 6.04. The number of anilines is 1. The second-order valence-corrected chi connectivity index (χ2v) is 10.5. The highest BCUT2D eigenvalue weighted by molar-refractivity contribution is 7.26. The molecule has 1 aromatic carbocycles. The number of benzene rings is 1. The maximum atomic E-state index is 12.7. The molecule has 5 aromatic rings. The zero-order chi connectivity index (χ0) is 25.6. The van der Waals surface area contributed by atoms with E-state index in [0.717, 1.165) is 5.56 Å². The van der Waals surface area contributed by atoms with Crippen LogP contribution in [0.2, 0.25) is 0 Å². The standard InChI is InChI=1S/C26H18N4O5S2/c1-14(15-5-3-2-4-6-15)34-25(33)29-20-16-9-12-27-13-18(16)35-17(20)7-8-19-28-21-22(36-19)30-23(37-21)26(10-11-26)24(31)32/h2-6,9,12-14H,10-11H2,1H3,(H,29,33)(H,31,32). The van der Waals surface area contributed by atoms with Crippen LogP contribution in [-0.2, 0) is 14.9 Å². The third-order valence-electron chi connectivity index (χ3n) is 6.10. The third kappa shape index (κ3) is 4.30. The Bertz CT molecular complexity index is 1690. The van der Waals surface area contributed by atoms with Gasteiger partial charge in [0.25, 0.3) is 0 Å². The number of fused-ring (bicyclic) bond motifs is 2. The van der Waals surface area contributed by atoms with Gasteiger partial charge in [-0.15, -0.1) is 0 Å². The summed E-state index contributed by atoms with van der Waals surface area (Å²) in [6.45, 7) is 1.79. The van der Waals surface area contributed by atoms with E-state index in [-0.39, 0.29) is 5.76 Å². The molecular weight excluding hydrogens is 512 g/mol. The summed E-state index contributed by atoms with van der Waals surface area (Å²) < 4.78 is 11.4. The summed E-state index contributed by atoms with van der Waals surface area (Å²) >= 11 is 2.57. The lowest BCUT2D eigenvalue weighted by Crippen LogP contribution is -2.18. The molecule has 0 bridgehead atoms. The van der Waals surface area contributed by atoms with Crippen LogP contribution < -0.4 is 5.32 Å². The van der Waals surface area contributed by atoms with Crippen molar-refractivity contribution in [3.8, 4) is 11.8 Å². The lowest BCUT2D eigenvalue weighted by Gasteiger charge is -2.14. The molecule has 1 saturated carbocycles. The van der Waals surface area contributed by atoms with Crippen molar-refractivity contribution in [3.05, 3.63) is 70.1 Å². The molecule has 0 aliphatic heterocycles. The van der Waals surface area contributed by atoms with Crippen LogP contribution >= 0.6 is 22.7 Å². The van der Waals surface area contributed by atoms with Crippen molar-refractivity contribution in [2.45, 2.75) is 31.3 Å². The molecule has 1 aliphatic rings. The van der Waals surface area contributed by atoms with E-state index in [2.05, 4.69) is 32.1 Å². The number of hydrogen-bond acceptors (Lipinski definition) is 9. The van der Waals surface area contributed by atoms with Gasteiger partial charge in [-0.2, -0.15) is 0 Å². The topological polar surface area (TPSA) is 127 Å². The van der Waals surface area contributed by atoms with Gasteiger partial charge in [0.15, 0.2) is 20.3 Å². The minimum absolute atomic E-state index is 0.238. The molecular formula is C26H18N4O5S2. The molecule has 0 radical (unpaired) electrons. The van der Waals surface area contributed by atoms with Crippen LogP contribution in [0, 0.1) is 11.8 Å². The molecule has 6 rings (SSSR count). The van der Waals surface area contributed by atoms with E-state index in [1.54, 1.807) is 25.4 Å². The van der Waals surface area contributed by atoms with Gasteiger partial charge in [-0.05, 0) is 43.2 Å². The summed E-state index contributed by atoms with van der Waals surface area (Å²) in [5.74, 6) is 5.32. The Morgan fingerprint density at radius 1 is 1.14 bits per heavy atom. The quantitative estimate of drug-likeness (QED) is 0.276. The number of ether oxygens (including phenoxy) is 1. The van der Waals surface area contributed by atoms with Crippen molar-refractivity contribution < 1.29 is 23.8 Å². The fourth-order valence-electron chi connectivity index (χ4n) is 3.90. The molecule has 184 valence electrons. The van der Waals surface area contributed by atoms with Gasteiger partial charge in [0.05, 0.1) is 6.20 Å². The molecule has 1 fully saturated rings. The number of carbonyl (C=O) groups is 2. The van der Waals surface area contributed by atoms with Crippen LogP contribution in [-0.4, -0.2) is 32.1 Å². The van der Waals surface area contributed by atoms with Crippen molar-refractivity contribution in [2.24, 2.45) is 0 Å². The predicted molar refractivity (Wildman–Crippen MR) is 139 cm³/mol. The summed E-state index contributed by atoms with van der Waals surface area (Å²) in [6, 6.07) is 11.2.